The number of hydrogen-bond donors (Lipinski definition) is 1. The van der Waals surface area contributed by atoms with Crippen LogP contribution in [0.25, 0.3) is 0 Å². The van der Waals surface area contributed by atoms with Crippen molar-refractivity contribution in [1.29, 1.82) is 0 Å². The highest BCUT2D eigenvalue weighted by atomic mass is 32.2. The fourth-order valence-electron chi connectivity index (χ4n) is 3.11. The third-order valence-electron chi connectivity index (χ3n) is 4.38. The Morgan fingerprint density at radius 1 is 1.29 bits per heavy atom. The number of nitrogens with one attached hydrogen (secondary N) is 1. The van der Waals surface area contributed by atoms with Gasteiger partial charge in [-0.25, -0.2) is 18.1 Å². The van der Waals surface area contributed by atoms with Gasteiger partial charge >= 0.3 is 0 Å². The van der Waals surface area contributed by atoms with Crippen molar-refractivity contribution in [1.82, 2.24) is 14.3 Å². The van der Waals surface area contributed by atoms with Gasteiger partial charge in [0.25, 0.3) is 0 Å². The molecule has 1 saturated heterocycles. The topological polar surface area (TPSA) is 73.2 Å². The van der Waals surface area contributed by atoms with Crippen molar-refractivity contribution in [3.8, 4) is 0 Å². The van der Waals surface area contributed by atoms with E-state index in [9.17, 15) is 8.42 Å². The molecule has 7 heteroatoms. The van der Waals surface area contributed by atoms with Gasteiger partial charge in [0.2, 0.25) is 10.0 Å². The van der Waals surface area contributed by atoms with E-state index < -0.39 is 10.0 Å². The molecule has 1 fully saturated rings. The van der Waals surface area contributed by atoms with E-state index in [1.54, 1.807) is 6.20 Å². The minimum Gasteiger partial charge on any atom is -0.381 e. The lowest BCUT2D eigenvalue weighted by atomic mass is 9.92. The quantitative estimate of drug-likeness (QED) is 0.866. The zero-order chi connectivity index (χ0) is 17.0. The molecule has 24 heavy (non-hydrogen) atoms. The van der Waals surface area contributed by atoms with Crippen LogP contribution in [0.15, 0.2) is 42.7 Å². The molecule has 2 aromatic rings. The molecule has 0 spiro atoms. The molecular weight excluding hydrogens is 326 g/mol. The fraction of sp³-hybridized carbons (Fsp3) is 0.471. The second kappa shape index (κ2) is 7.46. The van der Waals surface area contributed by atoms with Crippen molar-refractivity contribution in [3.05, 3.63) is 54.1 Å². The number of aromatic nitrogens is 2. The van der Waals surface area contributed by atoms with Crippen LogP contribution in [0.4, 0.5) is 0 Å². The van der Waals surface area contributed by atoms with E-state index in [0.29, 0.717) is 13.2 Å². The number of ether oxygens (including phenoxy) is 1. The molecule has 130 valence electrons. The first-order valence-corrected chi connectivity index (χ1v) is 9.79. The first kappa shape index (κ1) is 17.1. The Balaban J connectivity index is 1.81. The molecule has 0 radical (unpaired) electrons. The predicted octanol–water partition coefficient (Wildman–Crippen LogP) is 2.01. The van der Waals surface area contributed by atoms with Crippen molar-refractivity contribution in [2.45, 2.75) is 24.6 Å². The molecule has 1 aromatic carbocycles. The normalized spacial score (nSPS) is 17.7. The Hall–Kier alpha value is -1.70. The highest BCUT2D eigenvalue weighted by Gasteiger charge is 2.31. The maximum Gasteiger partial charge on any atom is 0.216 e. The van der Waals surface area contributed by atoms with Crippen molar-refractivity contribution < 1.29 is 13.2 Å². The van der Waals surface area contributed by atoms with E-state index in [0.717, 1.165) is 24.2 Å². The summed E-state index contributed by atoms with van der Waals surface area (Å²) in [4.78, 5) is 4.38. The second-order valence-corrected chi connectivity index (χ2v) is 7.94. The summed E-state index contributed by atoms with van der Waals surface area (Å²) < 4.78 is 35.5. The molecule has 2 heterocycles. The van der Waals surface area contributed by atoms with Gasteiger partial charge in [-0.15, -0.1) is 0 Å². The summed E-state index contributed by atoms with van der Waals surface area (Å²) in [7, 11) is -1.58. The third-order valence-corrected chi connectivity index (χ3v) is 5.71. The maximum absolute atomic E-state index is 12.7. The van der Waals surface area contributed by atoms with Crippen LogP contribution in [0, 0.1) is 5.92 Å². The van der Waals surface area contributed by atoms with E-state index >= 15 is 0 Å². The van der Waals surface area contributed by atoms with Crippen LogP contribution < -0.4 is 4.72 Å². The molecule has 1 aliphatic rings. The van der Waals surface area contributed by atoms with Gasteiger partial charge in [-0.05, 0) is 24.3 Å². The van der Waals surface area contributed by atoms with Crippen LogP contribution in [-0.2, 0) is 27.6 Å². The van der Waals surface area contributed by atoms with Crippen LogP contribution >= 0.6 is 0 Å². The predicted molar refractivity (Wildman–Crippen MR) is 91.7 cm³/mol. The minimum atomic E-state index is -3.47. The van der Waals surface area contributed by atoms with Crippen molar-refractivity contribution in [2.75, 3.05) is 13.2 Å². The van der Waals surface area contributed by atoms with Crippen LogP contribution in [0.1, 0.15) is 30.3 Å². The second-order valence-electron chi connectivity index (χ2n) is 6.19. The maximum atomic E-state index is 12.7. The lowest BCUT2D eigenvalue weighted by molar-refractivity contribution is 0.0551. The summed E-state index contributed by atoms with van der Waals surface area (Å²) in [5.41, 5.74) is 0.774. The Morgan fingerprint density at radius 3 is 2.62 bits per heavy atom. The Kier molecular flexibility index (Phi) is 5.33. The number of aryl methyl sites for hydroxylation is 1. The molecule has 1 aromatic heterocycles. The first-order valence-electron chi connectivity index (χ1n) is 8.14. The van der Waals surface area contributed by atoms with E-state index in [2.05, 4.69) is 9.71 Å². The number of rotatable bonds is 6. The van der Waals surface area contributed by atoms with Gasteiger partial charge in [0.05, 0.1) is 11.8 Å². The molecule has 3 rings (SSSR count). The molecule has 1 atom stereocenters. The van der Waals surface area contributed by atoms with Gasteiger partial charge in [-0.3, -0.25) is 0 Å². The van der Waals surface area contributed by atoms with Gasteiger partial charge in [-0.2, -0.15) is 0 Å². The first-order chi connectivity index (χ1) is 11.6. The summed E-state index contributed by atoms with van der Waals surface area (Å²) in [6, 6.07) is 8.89. The molecule has 0 bridgehead atoms. The monoisotopic (exact) mass is 349 g/mol. The number of imidazole rings is 1. The van der Waals surface area contributed by atoms with E-state index in [-0.39, 0.29) is 17.7 Å². The smallest absolute Gasteiger partial charge is 0.216 e. The van der Waals surface area contributed by atoms with Gasteiger partial charge in [0.15, 0.2) is 0 Å². The Bertz CT molecular complexity index is 752. The molecule has 6 nitrogen and oxygen atoms in total. The van der Waals surface area contributed by atoms with E-state index in [1.807, 2.05) is 48.1 Å². The zero-order valence-electron chi connectivity index (χ0n) is 13.8. The van der Waals surface area contributed by atoms with Crippen molar-refractivity contribution >= 4 is 10.0 Å². The Morgan fingerprint density at radius 2 is 2.00 bits per heavy atom. The number of sulfonamides is 1. The van der Waals surface area contributed by atoms with Crippen LogP contribution in [0.3, 0.4) is 0 Å². The third kappa shape index (κ3) is 4.23. The SMILES string of the molecule is Cn1ccnc1C(NS(=O)(=O)Cc1ccccc1)C1CCOCC1. The van der Waals surface area contributed by atoms with Crippen LogP contribution in [0.5, 0.6) is 0 Å². The van der Waals surface area contributed by atoms with Crippen LogP contribution in [-0.4, -0.2) is 31.2 Å². The van der Waals surface area contributed by atoms with Crippen molar-refractivity contribution in [3.63, 3.8) is 0 Å². The molecule has 1 N–H and O–H groups in total. The summed E-state index contributed by atoms with van der Waals surface area (Å²) >= 11 is 0. The van der Waals surface area contributed by atoms with Crippen LogP contribution in [0.2, 0.25) is 0 Å². The summed E-state index contributed by atoms with van der Waals surface area (Å²) in [5, 5.41) is 0. The molecule has 0 amide bonds. The van der Waals surface area contributed by atoms with E-state index in [1.165, 1.54) is 0 Å². The molecule has 0 aliphatic carbocycles. The average Bonchev–Trinajstić information content (AvgIpc) is 3.00. The van der Waals surface area contributed by atoms with Gasteiger partial charge in [0, 0.05) is 32.7 Å². The summed E-state index contributed by atoms with van der Waals surface area (Å²) in [5.74, 6) is 0.904. The minimum absolute atomic E-state index is 0.0298. The fourth-order valence-corrected chi connectivity index (χ4v) is 4.51. The summed E-state index contributed by atoms with van der Waals surface area (Å²) in [6.45, 7) is 1.32. The van der Waals surface area contributed by atoms with Gasteiger partial charge < -0.3 is 9.30 Å². The molecule has 0 saturated carbocycles. The lowest BCUT2D eigenvalue weighted by Crippen LogP contribution is -2.38. The molecule has 1 unspecified atom stereocenters. The highest BCUT2D eigenvalue weighted by molar-refractivity contribution is 7.88. The van der Waals surface area contributed by atoms with E-state index in [4.69, 9.17) is 4.74 Å². The average molecular weight is 349 g/mol. The summed E-state index contributed by atoms with van der Waals surface area (Å²) in [6.07, 6.45) is 5.19. The largest absolute Gasteiger partial charge is 0.381 e. The number of benzene rings is 1. The molecular formula is C17H23N3O3S. The molecule has 1 aliphatic heterocycles. The number of nitrogens with zero attached hydrogens (tertiary/aromatic N) is 2. The number of hydrogen-bond acceptors (Lipinski definition) is 4. The van der Waals surface area contributed by atoms with Crippen molar-refractivity contribution in [2.24, 2.45) is 13.0 Å². The zero-order valence-corrected chi connectivity index (χ0v) is 14.6. The standard InChI is InChI=1S/C17H23N3O3S/c1-20-10-9-18-17(20)16(15-7-11-23-12-8-15)19-24(21,22)13-14-5-3-2-4-6-14/h2-6,9-10,15-16,19H,7-8,11-13H2,1H3. The van der Waals surface area contributed by atoms with Gasteiger partial charge in [0.1, 0.15) is 5.82 Å². The lowest BCUT2D eigenvalue weighted by Gasteiger charge is -2.30. The highest BCUT2D eigenvalue weighted by Crippen LogP contribution is 2.30. The Labute approximate surface area is 142 Å². The van der Waals surface area contributed by atoms with Gasteiger partial charge in [-0.1, -0.05) is 30.3 Å².